The Labute approximate surface area is 108 Å². The highest BCUT2D eigenvalue weighted by Crippen LogP contribution is 2.34. The lowest BCUT2D eigenvalue weighted by atomic mass is 10.1. The van der Waals surface area contributed by atoms with Crippen molar-refractivity contribution in [2.45, 2.75) is 0 Å². The lowest BCUT2D eigenvalue weighted by Gasteiger charge is -2.02. The largest absolute Gasteiger partial charge is 0.504 e. The molecule has 0 aromatic heterocycles. The topological polar surface area (TPSA) is 40.5 Å². The molecule has 0 bridgehead atoms. The maximum Gasteiger partial charge on any atom is 0.171 e. The molecule has 0 radical (unpaired) electrons. The monoisotopic (exact) mass is 290 g/mol. The van der Waals surface area contributed by atoms with Gasteiger partial charge in [-0.3, -0.25) is 0 Å². The minimum absolute atomic E-state index is 0.132. The van der Waals surface area contributed by atoms with Crippen molar-refractivity contribution in [1.29, 1.82) is 0 Å². The molecule has 0 unspecified atom stereocenters. The second-order valence-corrected chi connectivity index (χ2v) is 4.47. The first-order valence-electron chi connectivity index (χ1n) is 5.11. The molecule has 0 atom stereocenters. The van der Waals surface area contributed by atoms with E-state index in [1.54, 1.807) is 6.07 Å². The Hall–Kier alpha value is -1.74. The number of hydrogen-bond donors (Lipinski definition) is 2. The van der Waals surface area contributed by atoms with E-state index in [1.165, 1.54) is 6.07 Å². The third kappa shape index (κ3) is 2.88. The van der Waals surface area contributed by atoms with Gasteiger partial charge in [0.05, 0.1) is 4.47 Å². The minimum Gasteiger partial charge on any atom is -0.504 e. The molecule has 3 heteroatoms. The summed E-state index contributed by atoms with van der Waals surface area (Å²) < 4.78 is 0.477. The van der Waals surface area contributed by atoms with Gasteiger partial charge in [0, 0.05) is 0 Å². The van der Waals surface area contributed by atoms with Crippen LogP contribution in [0.25, 0.3) is 12.2 Å². The van der Waals surface area contributed by atoms with Gasteiger partial charge in [-0.05, 0) is 39.2 Å². The predicted octanol–water partition coefficient (Wildman–Crippen LogP) is 4.03. The molecule has 0 aliphatic heterocycles. The third-order valence-corrected chi connectivity index (χ3v) is 2.94. The molecule has 0 saturated heterocycles. The van der Waals surface area contributed by atoms with E-state index in [2.05, 4.69) is 15.9 Å². The number of aromatic hydroxyl groups is 2. The first kappa shape index (κ1) is 11.7. The van der Waals surface area contributed by atoms with Gasteiger partial charge in [0.15, 0.2) is 11.5 Å². The zero-order valence-electron chi connectivity index (χ0n) is 8.97. The van der Waals surface area contributed by atoms with E-state index in [-0.39, 0.29) is 11.5 Å². The first-order chi connectivity index (χ1) is 8.16. The van der Waals surface area contributed by atoms with Crippen molar-refractivity contribution in [1.82, 2.24) is 0 Å². The number of benzene rings is 2. The number of hydrogen-bond acceptors (Lipinski definition) is 2. The molecule has 2 N–H and O–H groups in total. The summed E-state index contributed by atoms with van der Waals surface area (Å²) in [6, 6.07) is 13.1. The summed E-state index contributed by atoms with van der Waals surface area (Å²) in [5, 5.41) is 18.9. The summed E-state index contributed by atoms with van der Waals surface area (Å²) in [5.41, 5.74) is 1.90. The van der Waals surface area contributed by atoms with E-state index in [0.717, 1.165) is 11.1 Å². The summed E-state index contributed by atoms with van der Waals surface area (Å²) in [6.45, 7) is 0. The molecule has 0 aliphatic rings. The zero-order chi connectivity index (χ0) is 12.3. The highest BCUT2D eigenvalue weighted by atomic mass is 79.9. The van der Waals surface area contributed by atoms with Gasteiger partial charge in [-0.25, -0.2) is 0 Å². The van der Waals surface area contributed by atoms with Gasteiger partial charge in [0.2, 0.25) is 0 Å². The quantitative estimate of drug-likeness (QED) is 0.648. The summed E-state index contributed by atoms with van der Waals surface area (Å²) in [6.07, 6.45) is 3.82. The minimum atomic E-state index is -0.137. The van der Waals surface area contributed by atoms with Crippen LogP contribution in [0.15, 0.2) is 46.9 Å². The molecule has 0 amide bonds. The number of phenolic OH excluding ortho intramolecular Hbond substituents is 2. The fourth-order valence-corrected chi connectivity index (χ4v) is 1.93. The standard InChI is InChI=1S/C14H11BrO2/c15-12-8-11(9-13(16)14(12)17)7-6-10-4-2-1-3-5-10/h1-9,16-17H/b7-6+. The summed E-state index contributed by atoms with van der Waals surface area (Å²) >= 11 is 3.18. The van der Waals surface area contributed by atoms with Crippen molar-refractivity contribution in [2.24, 2.45) is 0 Å². The average molecular weight is 291 g/mol. The third-order valence-electron chi connectivity index (χ3n) is 2.33. The van der Waals surface area contributed by atoms with Gasteiger partial charge in [0.1, 0.15) is 0 Å². The molecule has 2 aromatic carbocycles. The molecular weight excluding hydrogens is 280 g/mol. The molecule has 17 heavy (non-hydrogen) atoms. The second kappa shape index (κ2) is 5.06. The number of halogens is 1. The van der Waals surface area contributed by atoms with Crippen LogP contribution in [0.2, 0.25) is 0 Å². The van der Waals surface area contributed by atoms with Gasteiger partial charge in [-0.2, -0.15) is 0 Å². The van der Waals surface area contributed by atoms with Crippen LogP contribution < -0.4 is 0 Å². The SMILES string of the molecule is Oc1cc(/C=C/c2ccccc2)cc(Br)c1O. The molecule has 0 fully saturated rings. The zero-order valence-corrected chi connectivity index (χ0v) is 10.6. The van der Waals surface area contributed by atoms with Crippen molar-refractivity contribution in [3.05, 3.63) is 58.1 Å². The van der Waals surface area contributed by atoms with Gasteiger partial charge in [-0.1, -0.05) is 42.5 Å². The van der Waals surface area contributed by atoms with Crippen molar-refractivity contribution < 1.29 is 10.2 Å². The second-order valence-electron chi connectivity index (χ2n) is 3.61. The van der Waals surface area contributed by atoms with Crippen LogP contribution in [0, 0.1) is 0 Å². The summed E-state index contributed by atoms with van der Waals surface area (Å²) in [5.74, 6) is -0.269. The maximum atomic E-state index is 9.46. The fraction of sp³-hybridized carbons (Fsp3) is 0. The van der Waals surface area contributed by atoms with E-state index in [9.17, 15) is 10.2 Å². The Bertz CT molecular complexity index is 524. The van der Waals surface area contributed by atoms with E-state index >= 15 is 0 Å². The van der Waals surface area contributed by atoms with E-state index in [0.29, 0.717) is 4.47 Å². The van der Waals surface area contributed by atoms with Crippen LogP contribution >= 0.6 is 15.9 Å². The normalized spacial score (nSPS) is 10.9. The van der Waals surface area contributed by atoms with Crippen molar-refractivity contribution in [3.63, 3.8) is 0 Å². The number of rotatable bonds is 2. The first-order valence-corrected chi connectivity index (χ1v) is 5.91. The highest BCUT2D eigenvalue weighted by Gasteiger charge is 2.04. The Kier molecular flexibility index (Phi) is 3.49. The number of phenols is 2. The Morgan fingerprint density at radius 2 is 1.53 bits per heavy atom. The van der Waals surface area contributed by atoms with Crippen molar-refractivity contribution in [3.8, 4) is 11.5 Å². The molecule has 2 rings (SSSR count). The van der Waals surface area contributed by atoms with Crippen LogP contribution in [0.4, 0.5) is 0 Å². The lowest BCUT2D eigenvalue weighted by Crippen LogP contribution is -1.76. The van der Waals surface area contributed by atoms with Gasteiger partial charge >= 0.3 is 0 Å². The molecule has 0 heterocycles. The molecule has 0 spiro atoms. The van der Waals surface area contributed by atoms with Crippen LogP contribution in [0.1, 0.15) is 11.1 Å². The van der Waals surface area contributed by atoms with E-state index in [4.69, 9.17) is 0 Å². The van der Waals surface area contributed by atoms with E-state index < -0.39 is 0 Å². The van der Waals surface area contributed by atoms with Crippen molar-refractivity contribution in [2.75, 3.05) is 0 Å². The summed E-state index contributed by atoms with van der Waals surface area (Å²) in [4.78, 5) is 0. The Morgan fingerprint density at radius 3 is 2.18 bits per heavy atom. The van der Waals surface area contributed by atoms with Crippen molar-refractivity contribution >= 4 is 28.1 Å². The molecule has 2 nitrogen and oxygen atoms in total. The average Bonchev–Trinajstić information content (AvgIpc) is 2.34. The Morgan fingerprint density at radius 1 is 0.882 bits per heavy atom. The smallest absolute Gasteiger partial charge is 0.171 e. The van der Waals surface area contributed by atoms with Crippen LogP contribution in [0.3, 0.4) is 0 Å². The van der Waals surface area contributed by atoms with Gasteiger partial charge < -0.3 is 10.2 Å². The molecule has 86 valence electrons. The van der Waals surface area contributed by atoms with E-state index in [1.807, 2.05) is 42.5 Å². The van der Waals surface area contributed by atoms with Crippen LogP contribution in [0.5, 0.6) is 11.5 Å². The Balaban J connectivity index is 2.28. The molecular formula is C14H11BrO2. The molecule has 0 aliphatic carbocycles. The van der Waals surface area contributed by atoms with Gasteiger partial charge in [0.25, 0.3) is 0 Å². The van der Waals surface area contributed by atoms with Crippen LogP contribution in [-0.2, 0) is 0 Å². The summed E-state index contributed by atoms with van der Waals surface area (Å²) in [7, 11) is 0. The highest BCUT2D eigenvalue weighted by molar-refractivity contribution is 9.10. The predicted molar refractivity (Wildman–Crippen MR) is 72.8 cm³/mol. The van der Waals surface area contributed by atoms with Crippen LogP contribution in [-0.4, -0.2) is 10.2 Å². The maximum absolute atomic E-state index is 9.46. The van der Waals surface area contributed by atoms with Gasteiger partial charge in [-0.15, -0.1) is 0 Å². The lowest BCUT2D eigenvalue weighted by molar-refractivity contribution is 0.401. The fourth-order valence-electron chi connectivity index (χ4n) is 1.46. The molecule has 0 saturated carbocycles. The molecule has 2 aromatic rings.